The SMILES string of the molecule is COc1ccc(NC(=O)Cn2cccc2-c2nc(-c3ccc(C)cc3)no2)cc1OC. The van der Waals surface area contributed by atoms with E-state index in [0.717, 1.165) is 11.1 Å². The van der Waals surface area contributed by atoms with Gasteiger partial charge in [0, 0.05) is 23.5 Å². The highest BCUT2D eigenvalue weighted by molar-refractivity contribution is 5.91. The summed E-state index contributed by atoms with van der Waals surface area (Å²) < 4.78 is 17.7. The summed E-state index contributed by atoms with van der Waals surface area (Å²) in [7, 11) is 3.11. The molecule has 0 fully saturated rings. The number of aromatic nitrogens is 3. The lowest BCUT2D eigenvalue weighted by Gasteiger charge is -2.11. The number of ether oxygens (including phenoxy) is 2. The molecule has 4 aromatic rings. The molecule has 1 N–H and O–H groups in total. The van der Waals surface area contributed by atoms with Gasteiger partial charge in [-0.25, -0.2) is 0 Å². The fourth-order valence-corrected chi connectivity index (χ4v) is 3.16. The Morgan fingerprint density at radius 2 is 1.84 bits per heavy atom. The molecule has 0 saturated heterocycles. The Labute approximate surface area is 179 Å². The summed E-state index contributed by atoms with van der Waals surface area (Å²) in [5.74, 6) is 1.77. The molecule has 0 saturated carbocycles. The number of rotatable bonds is 7. The van der Waals surface area contributed by atoms with Crippen LogP contribution in [0.5, 0.6) is 11.5 Å². The van der Waals surface area contributed by atoms with E-state index in [1.807, 2.05) is 43.3 Å². The average Bonchev–Trinajstić information content (AvgIpc) is 3.43. The van der Waals surface area contributed by atoms with Crippen molar-refractivity contribution in [1.29, 1.82) is 0 Å². The van der Waals surface area contributed by atoms with E-state index in [9.17, 15) is 4.79 Å². The second kappa shape index (κ2) is 8.74. The van der Waals surface area contributed by atoms with Crippen molar-refractivity contribution in [2.45, 2.75) is 13.5 Å². The number of benzene rings is 2. The van der Waals surface area contributed by atoms with Crippen LogP contribution in [0.1, 0.15) is 5.56 Å². The summed E-state index contributed by atoms with van der Waals surface area (Å²) >= 11 is 0. The number of anilines is 1. The molecule has 0 aliphatic carbocycles. The van der Waals surface area contributed by atoms with Gasteiger partial charge in [0.25, 0.3) is 5.89 Å². The van der Waals surface area contributed by atoms with Gasteiger partial charge in [0.15, 0.2) is 11.5 Å². The minimum absolute atomic E-state index is 0.0823. The maximum absolute atomic E-state index is 12.6. The number of amides is 1. The van der Waals surface area contributed by atoms with Crippen molar-refractivity contribution >= 4 is 11.6 Å². The van der Waals surface area contributed by atoms with E-state index in [-0.39, 0.29) is 12.5 Å². The molecule has 158 valence electrons. The second-order valence-corrected chi connectivity index (χ2v) is 6.93. The maximum atomic E-state index is 12.6. The van der Waals surface area contributed by atoms with Crippen LogP contribution < -0.4 is 14.8 Å². The van der Waals surface area contributed by atoms with E-state index in [1.165, 1.54) is 0 Å². The molecule has 0 bridgehead atoms. The maximum Gasteiger partial charge on any atom is 0.274 e. The standard InChI is InChI=1S/C23H22N4O4/c1-15-6-8-16(9-7-15)22-25-23(31-26-22)18-5-4-12-27(18)14-21(28)24-17-10-11-19(29-2)20(13-17)30-3/h4-13H,14H2,1-3H3,(H,24,28). The predicted molar refractivity (Wildman–Crippen MR) is 116 cm³/mol. The Morgan fingerprint density at radius 3 is 2.58 bits per heavy atom. The topological polar surface area (TPSA) is 91.4 Å². The number of nitrogens with one attached hydrogen (secondary N) is 1. The Kier molecular flexibility index (Phi) is 5.70. The highest BCUT2D eigenvalue weighted by Crippen LogP contribution is 2.30. The molecular weight excluding hydrogens is 396 g/mol. The molecule has 4 rings (SSSR count). The molecule has 0 aliphatic rings. The van der Waals surface area contributed by atoms with Crippen molar-refractivity contribution in [3.8, 4) is 34.5 Å². The van der Waals surface area contributed by atoms with Gasteiger partial charge in [0.2, 0.25) is 11.7 Å². The molecule has 8 heteroatoms. The van der Waals surface area contributed by atoms with Crippen LogP contribution in [0.15, 0.2) is 65.3 Å². The fourth-order valence-electron chi connectivity index (χ4n) is 3.16. The zero-order valence-corrected chi connectivity index (χ0v) is 17.5. The number of aryl methyl sites for hydroxylation is 1. The lowest BCUT2D eigenvalue weighted by atomic mass is 10.1. The minimum Gasteiger partial charge on any atom is -0.493 e. The van der Waals surface area contributed by atoms with E-state index in [0.29, 0.717) is 34.6 Å². The predicted octanol–water partition coefficient (Wildman–Crippen LogP) is 4.17. The first-order valence-electron chi connectivity index (χ1n) is 9.65. The second-order valence-electron chi connectivity index (χ2n) is 6.93. The quantitative estimate of drug-likeness (QED) is 0.484. The average molecular weight is 418 g/mol. The van der Waals surface area contributed by atoms with Gasteiger partial charge in [-0.1, -0.05) is 35.0 Å². The summed E-state index contributed by atoms with van der Waals surface area (Å²) in [4.78, 5) is 17.1. The zero-order chi connectivity index (χ0) is 21.8. The van der Waals surface area contributed by atoms with Crippen molar-refractivity contribution in [2.75, 3.05) is 19.5 Å². The molecule has 2 aromatic carbocycles. The van der Waals surface area contributed by atoms with Gasteiger partial charge in [-0.15, -0.1) is 0 Å². The minimum atomic E-state index is -0.206. The number of carbonyl (C=O) groups excluding carboxylic acids is 1. The molecule has 0 unspecified atom stereocenters. The monoisotopic (exact) mass is 418 g/mol. The molecular formula is C23H22N4O4. The summed E-state index contributed by atoms with van der Waals surface area (Å²) in [6.07, 6.45) is 1.79. The molecule has 1 amide bonds. The van der Waals surface area contributed by atoms with E-state index in [1.54, 1.807) is 43.2 Å². The van der Waals surface area contributed by atoms with Gasteiger partial charge in [-0.2, -0.15) is 4.98 Å². The highest BCUT2D eigenvalue weighted by atomic mass is 16.5. The first-order chi connectivity index (χ1) is 15.1. The van der Waals surface area contributed by atoms with Crippen molar-refractivity contribution in [1.82, 2.24) is 14.7 Å². The smallest absolute Gasteiger partial charge is 0.274 e. The largest absolute Gasteiger partial charge is 0.493 e. The van der Waals surface area contributed by atoms with Gasteiger partial charge in [0.1, 0.15) is 12.2 Å². The normalized spacial score (nSPS) is 10.7. The third-order valence-electron chi connectivity index (χ3n) is 4.77. The van der Waals surface area contributed by atoms with Gasteiger partial charge in [-0.05, 0) is 31.2 Å². The lowest BCUT2D eigenvalue weighted by Crippen LogP contribution is -2.18. The van der Waals surface area contributed by atoms with Gasteiger partial charge in [-0.3, -0.25) is 4.79 Å². The molecule has 0 spiro atoms. The number of hydrogen-bond acceptors (Lipinski definition) is 6. The Balaban J connectivity index is 1.49. The summed E-state index contributed by atoms with van der Waals surface area (Å²) in [6, 6.07) is 16.7. The van der Waals surface area contributed by atoms with Crippen LogP contribution in [0.3, 0.4) is 0 Å². The van der Waals surface area contributed by atoms with Crippen molar-refractivity contribution in [2.24, 2.45) is 0 Å². The molecule has 0 aliphatic heterocycles. The number of hydrogen-bond donors (Lipinski definition) is 1. The molecule has 0 radical (unpaired) electrons. The van der Waals surface area contributed by atoms with Gasteiger partial charge < -0.3 is 23.9 Å². The van der Waals surface area contributed by atoms with Crippen LogP contribution in [-0.2, 0) is 11.3 Å². The number of carbonyl (C=O) groups is 1. The molecule has 0 atom stereocenters. The van der Waals surface area contributed by atoms with Gasteiger partial charge in [0.05, 0.1) is 14.2 Å². The van der Waals surface area contributed by atoms with Crippen LogP contribution in [0.2, 0.25) is 0 Å². The zero-order valence-electron chi connectivity index (χ0n) is 17.5. The van der Waals surface area contributed by atoms with Gasteiger partial charge >= 0.3 is 0 Å². The highest BCUT2D eigenvalue weighted by Gasteiger charge is 2.16. The fraction of sp³-hybridized carbons (Fsp3) is 0.174. The number of methoxy groups -OCH3 is 2. The Morgan fingerprint density at radius 1 is 1.06 bits per heavy atom. The van der Waals surface area contributed by atoms with E-state index >= 15 is 0 Å². The van der Waals surface area contributed by atoms with Crippen LogP contribution in [0.25, 0.3) is 23.0 Å². The van der Waals surface area contributed by atoms with Crippen molar-refractivity contribution in [3.63, 3.8) is 0 Å². The molecule has 2 heterocycles. The third kappa shape index (κ3) is 4.42. The Hall–Kier alpha value is -4.07. The Bertz CT molecular complexity index is 1190. The first-order valence-corrected chi connectivity index (χ1v) is 9.65. The molecule has 2 aromatic heterocycles. The van der Waals surface area contributed by atoms with Crippen LogP contribution in [0.4, 0.5) is 5.69 Å². The first kappa shape index (κ1) is 20.2. The molecule has 8 nitrogen and oxygen atoms in total. The summed E-state index contributed by atoms with van der Waals surface area (Å²) in [5, 5.41) is 6.93. The van der Waals surface area contributed by atoms with E-state index in [4.69, 9.17) is 14.0 Å². The number of nitrogens with zero attached hydrogens (tertiary/aromatic N) is 3. The van der Waals surface area contributed by atoms with Crippen LogP contribution in [-0.4, -0.2) is 34.8 Å². The lowest BCUT2D eigenvalue weighted by molar-refractivity contribution is -0.116. The molecule has 31 heavy (non-hydrogen) atoms. The summed E-state index contributed by atoms with van der Waals surface area (Å²) in [5.41, 5.74) is 3.29. The summed E-state index contributed by atoms with van der Waals surface area (Å²) in [6.45, 7) is 2.10. The van der Waals surface area contributed by atoms with Crippen LogP contribution in [0, 0.1) is 6.92 Å². The van der Waals surface area contributed by atoms with E-state index < -0.39 is 0 Å². The third-order valence-corrected chi connectivity index (χ3v) is 4.77. The van der Waals surface area contributed by atoms with E-state index in [2.05, 4.69) is 15.5 Å². The van der Waals surface area contributed by atoms with Crippen LogP contribution >= 0.6 is 0 Å². The van der Waals surface area contributed by atoms with Crippen molar-refractivity contribution < 1.29 is 18.8 Å². The van der Waals surface area contributed by atoms with Crippen molar-refractivity contribution in [3.05, 3.63) is 66.4 Å².